The highest BCUT2D eigenvalue weighted by Crippen LogP contribution is 2.03. The van der Waals surface area contributed by atoms with Crippen LogP contribution in [0.2, 0.25) is 0 Å². The summed E-state index contributed by atoms with van der Waals surface area (Å²) in [6.07, 6.45) is 2.64. The van der Waals surface area contributed by atoms with Crippen molar-refractivity contribution in [1.29, 1.82) is 0 Å². The summed E-state index contributed by atoms with van der Waals surface area (Å²) < 4.78 is 1.76. The fraction of sp³-hybridized carbons (Fsp3) is 0.571. The average molecular weight is 140 g/mol. The molecule has 0 saturated heterocycles. The standard InChI is InChI=1S/C7H12N2O/c1-6-7(3-4-10)5-9(2)8-6/h5,10H,3-4H2,1-2H3. The molecule has 1 rings (SSSR count). The minimum absolute atomic E-state index is 0.201. The van der Waals surface area contributed by atoms with Crippen LogP contribution < -0.4 is 0 Å². The molecular formula is C7H12N2O. The molecule has 0 bridgehead atoms. The summed E-state index contributed by atoms with van der Waals surface area (Å²) in [4.78, 5) is 0. The van der Waals surface area contributed by atoms with Gasteiger partial charge in [-0.2, -0.15) is 5.10 Å². The van der Waals surface area contributed by atoms with Crippen molar-refractivity contribution in [3.8, 4) is 0 Å². The third-order valence-corrected chi connectivity index (χ3v) is 1.50. The molecule has 0 amide bonds. The van der Waals surface area contributed by atoms with E-state index in [1.165, 1.54) is 0 Å². The number of hydrogen-bond donors (Lipinski definition) is 1. The number of rotatable bonds is 2. The van der Waals surface area contributed by atoms with Crippen LogP contribution >= 0.6 is 0 Å². The fourth-order valence-corrected chi connectivity index (χ4v) is 1.01. The molecular weight excluding hydrogens is 128 g/mol. The van der Waals surface area contributed by atoms with Gasteiger partial charge in [0.15, 0.2) is 0 Å². The maximum atomic E-state index is 8.62. The lowest BCUT2D eigenvalue weighted by Gasteiger charge is -1.90. The van der Waals surface area contributed by atoms with Gasteiger partial charge in [-0.05, 0) is 18.9 Å². The van der Waals surface area contributed by atoms with Crippen molar-refractivity contribution in [2.75, 3.05) is 6.61 Å². The Hall–Kier alpha value is -0.830. The van der Waals surface area contributed by atoms with E-state index in [1.54, 1.807) is 4.68 Å². The topological polar surface area (TPSA) is 38.0 Å². The van der Waals surface area contributed by atoms with Gasteiger partial charge in [0.2, 0.25) is 0 Å². The Bertz CT molecular complexity index is 217. The summed E-state index contributed by atoms with van der Waals surface area (Å²) in [5, 5.41) is 12.8. The Morgan fingerprint density at radius 2 is 2.40 bits per heavy atom. The van der Waals surface area contributed by atoms with Crippen molar-refractivity contribution in [3.05, 3.63) is 17.5 Å². The predicted molar refractivity (Wildman–Crippen MR) is 38.7 cm³/mol. The first kappa shape index (κ1) is 7.28. The quantitative estimate of drug-likeness (QED) is 0.640. The molecule has 10 heavy (non-hydrogen) atoms. The second kappa shape index (κ2) is 2.84. The minimum Gasteiger partial charge on any atom is -0.396 e. The number of aryl methyl sites for hydroxylation is 2. The minimum atomic E-state index is 0.201. The molecule has 1 heterocycles. The number of aliphatic hydroxyl groups excluding tert-OH is 1. The van der Waals surface area contributed by atoms with Crippen molar-refractivity contribution in [2.45, 2.75) is 13.3 Å². The SMILES string of the molecule is Cc1nn(C)cc1CCO. The van der Waals surface area contributed by atoms with Crippen molar-refractivity contribution in [2.24, 2.45) is 7.05 Å². The van der Waals surface area contributed by atoms with Crippen molar-refractivity contribution < 1.29 is 5.11 Å². The van der Waals surface area contributed by atoms with E-state index < -0.39 is 0 Å². The Balaban J connectivity index is 2.81. The van der Waals surface area contributed by atoms with Gasteiger partial charge in [0, 0.05) is 19.9 Å². The van der Waals surface area contributed by atoms with Gasteiger partial charge in [-0.15, -0.1) is 0 Å². The van der Waals surface area contributed by atoms with Crippen molar-refractivity contribution in [1.82, 2.24) is 9.78 Å². The lowest BCUT2D eigenvalue weighted by Crippen LogP contribution is -1.89. The number of aromatic nitrogens is 2. The van der Waals surface area contributed by atoms with E-state index in [0.717, 1.165) is 11.3 Å². The predicted octanol–water partition coefficient (Wildman–Crippen LogP) is 0.263. The zero-order valence-corrected chi connectivity index (χ0v) is 6.33. The molecule has 0 spiro atoms. The number of nitrogens with zero attached hydrogens (tertiary/aromatic N) is 2. The molecule has 1 N–H and O–H groups in total. The molecule has 0 atom stereocenters. The first-order valence-corrected chi connectivity index (χ1v) is 3.34. The Labute approximate surface area is 60.3 Å². The molecule has 1 aromatic rings. The van der Waals surface area contributed by atoms with Gasteiger partial charge in [-0.1, -0.05) is 0 Å². The Kier molecular flexibility index (Phi) is 2.06. The molecule has 0 unspecified atom stereocenters. The van der Waals surface area contributed by atoms with Gasteiger partial charge < -0.3 is 5.11 Å². The Morgan fingerprint density at radius 3 is 2.80 bits per heavy atom. The second-order valence-corrected chi connectivity index (χ2v) is 2.39. The summed E-state index contributed by atoms with van der Waals surface area (Å²) in [6.45, 7) is 2.15. The van der Waals surface area contributed by atoms with E-state index in [-0.39, 0.29) is 6.61 Å². The number of hydrogen-bond acceptors (Lipinski definition) is 2. The van der Waals surface area contributed by atoms with Crippen LogP contribution in [0.5, 0.6) is 0 Å². The van der Waals surface area contributed by atoms with Crippen LogP contribution in [0.25, 0.3) is 0 Å². The van der Waals surface area contributed by atoms with E-state index in [0.29, 0.717) is 6.42 Å². The van der Waals surface area contributed by atoms with E-state index in [1.807, 2.05) is 20.2 Å². The summed E-state index contributed by atoms with van der Waals surface area (Å²) in [6, 6.07) is 0. The molecule has 1 aromatic heterocycles. The number of aliphatic hydroxyl groups is 1. The van der Waals surface area contributed by atoms with Gasteiger partial charge in [0.25, 0.3) is 0 Å². The second-order valence-electron chi connectivity index (χ2n) is 2.39. The summed E-state index contributed by atoms with van der Waals surface area (Å²) in [5.41, 5.74) is 2.14. The highest BCUT2D eigenvalue weighted by molar-refractivity contribution is 5.15. The smallest absolute Gasteiger partial charge is 0.0626 e. The molecule has 0 fully saturated rings. The lowest BCUT2D eigenvalue weighted by atomic mass is 10.2. The van der Waals surface area contributed by atoms with Crippen molar-refractivity contribution in [3.63, 3.8) is 0 Å². The van der Waals surface area contributed by atoms with Gasteiger partial charge >= 0.3 is 0 Å². The van der Waals surface area contributed by atoms with E-state index in [2.05, 4.69) is 5.10 Å². The fourth-order valence-electron chi connectivity index (χ4n) is 1.01. The largest absolute Gasteiger partial charge is 0.396 e. The molecule has 0 aliphatic heterocycles. The van der Waals surface area contributed by atoms with Gasteiger partial charge in [0.05, 0.1) is 5.69 Å². The third kappa shape index (κ3) is 1.36. The van der Waals surface area contributed by atoms with Crippen LogP contribution in [0.3, 0.4) is 0 Å². The Morgan fingerprint density at radius 1 is 1.70 bits per heavy atom. The monoisotopic (exact) mass is 140 g/mol. The van der Waals surface area contributed by atoms with Crippen LogP contribution in [0.4, 0.5) is 0 Å². The first-order valence-electron chi connectivity index (χ1n) is 3.34. The van der Waals surface area contributed by atoms with Crippen LogP contribution in [0.15, 0.2) is 6.20 Å². The summed E-state index contributed by atoms with van der Waals surface area (Å²) in [7, 11) is 1.88. The normalized spacial score (nSPS) is 10.3. The van der Waals surface area contributed by atoms with Crippen LogP contribution in [-0.4, -0.2) is 21.5 Å². The first-order chi connectivity index (χ1) is 4.74. The molecule has 3 nitrogen and oxygen atoms in total. The third-order valence-electron chi connectivity index (χ3n) is 1.50. The molecule has 0 aromatic carbocycles. The molecule has 0 saturated carbocycles. The summed E-state index contributed by atoms with van der Waals surface area (Å²) >= 11 is 0. The lowest BCUT2D eigenvalue weighted by molar-refractivity contribution is 0.299. The van der Waals surface area contributed by atoms with Gasteiger partial charge in [-0.3, -0.25) is 4.68 Å². The zero-order chi connectivity index (χ0) is 7.56. The molecule has 3 heteroatoms. The highest BCUT2D eigenvalue weighted by Gasteiger charge is 1.99. The van der Waals surface area contributed by atoms with Crippen LogP contribution in [0, 0.1) is 6.92 Å². The van der Waals surface area contributed by atoms with E-state index >= 15 is 0 Å². The summed E-state index contributed by atoms with van der Waals surface area (Å²) in [5.74, 6) is 0. The van der Waals surface area contributed by atoms with Crippen LogP contribution in [-0.2, 0) is 13.5 Å². The maximum absolute atomic E-state index is 8.62. The zero-order valence-electron chi connectivity index (χ0n) is 6.33. The van der Waals surface area contributed by atoms with Crippen molar-refractivity contribution >= 4 is 0 Å². The highest BCUT2D eigenvalue weighted by atomic mass is 16.2. The average Bonchev–Trinajstić information content (AvgIpc) is 2.13. The molecule has 56 valence electrons. The maximum Gasteiger partial charge on any atom is 0.0626 e. The molecule has 0 radical (unpaired) electrons. The van der Waals surface area contributed by atoms with E-state index in [4.69, 9.17) is 5.11 Å². The molecule has 0 aliphatic rings. The van der Waals surface area contributed by atoms with E-state index in [9.17, 15) is 0 Å². The molecule has 0 aliphatic carbocycles. The van der Waals surface area contributed by atoms with Crippen LogP contribution in [0.1, 0.15) is 11.3 Å². The van der Waals surface area contributed by atoms with Gasteiger partial charge in [-0.25, -0.2) is 0 Å². The van der Waals surface area contributed by atoms with Gasteiger partial charge in [0.1, 0.15) is 0 Å².